The summed E-state index contributed by atoms with van der Waals surface area (Å²) in [5.74, 6) is 0.309. The van der Waals surface area contributed by atoms with Crippen molar-refractivity contribution in [3.63, 3.8) is 0 Å². The van der Waals surface area contributed by atoms with Gasteiger partial charge in [-0.05, 0) is 51.0 Å². The molecule has 0 aromatic heterocycles. The molecule has 120 valence electrons. The average molecular weight is 385 g/mol. The van der Waals surface area contributed by atoms with Crippen molar-refractivity contribution in [2.45, 2.75) is 0 Å². The summed E-state index contributed by atoms with van der Waals surface area (Å²) in [5, 5.41) is 1.65. The minimum atomic E-state index is -0.545. The van der Waals surface area contributed by atoms with Crippen molar-refractivity contribution >= 4 is 39.0 Å². The van der Waals surface area contributed by atoms with Crippen LogP contribution in [0.5, 0.6) is 11.5 Å². The average Bonchev–Trinajstić information content (AvgIpc) is 2.61. The number of halogens is 1. The van der Waals surface area contributed by atoms with E-state index in [1.54, 1.807) is 31.4 Å². The number of fused-ring (bicyclic) bond motifs is 1. The fourth-order valence-electron chi connectivity index (χ4n) is 2.44. The summed E-state index contributed by atoms with van der Waals surface area (Å²) in [4.78, 5) is 23.9. The topological polar surface area (TPSA) is 52.6 Å². The molecule has 0 atom stereocenters. The minimum absolute atomic E-state index is 0.237. The van der Waals surface area contributed by atoms with Gasteiger partial charge in [-0.2, -0.15) is 0 Å². The maximum absolute atomic E-state index is 12.4. The van der Waals surface area contributed by atoms with Crippen LogP contribution in [0.3, 0.4) is 0 Å². The predicted molar refractivity (Wildman–Crippen MR) is 95.0 cm³/mol. The number of ether oxygens (including phenoxy) is 2. The van der Waals surface area contributed by atoms with Crippen molar-refractivity contribution in [3.05, 3.63) is 70.2 Å². The summed E-state index contributed by atoms with van der Waals surface area (Å²) in [6.45, 7) is 0. The summed E-state index contributed by atoms with van der Waals surface area (Å²) in [5.41, 5.74) is 0.710. The number of carbonyl (C=O) groups is 2. The van der Waals surface area contributed by atoms with E-state index < -0.39 is 5.97 Å². The van der Waals surface area contributed by atoms with Gasteiger partial charge in [-0.3, -0.25) is 4.79 Å². The summed E-state index contributed by atoms with van der Waals surface area (Å²) in [6.07, 6.45) is 0.703. The van der Waals surface area contributed by atoms with Crippen LogP contribution >= 0.6 is 15.9 Å². The number of aldehydes is 1. The Bertz CT molecular complexity index is 934. The quantitative estimate of drug-likeness (QED) is 0.373. The molecule has 0 radical (unpaired) electrons. The molecule has 4 nitrogen and oxygen atoms in total. The van der Waals surface area contributed by atoms with E-state index in [4.69, 9.17) is 9.47 Å². The van der Waals surface area contributed by atoms with E-state index in [0.29, 0.717) is 27.6 Å². The number of methoxy groups -OCH3 is 1. The van der Waals surface area contributed by atoms with E-state index in [2.05, 4.69) is 15.9 Å². The Morgan fingerprint density at radius 3 is 2.50 bits per heavy atom. The van der Waals surface area contributed by atoms with E-state index in [1.165, 1.54) is 0 Å². The van der Waals surface area contributed by atoms with Crippen LogP contribution in [0.25, 0.3) is 10.8 Å². The van der Waals surface area contributed by atoms with E-state index in [-0.39, 0.29) is 5.75 Å². The second-order valence-corrected chi connectivity index (χ2v) is 5.91. The number of hydrogen-bond acceptors (Lipinski definition) is 4. The van der Waals surface area contributed by atoms with Crippen LogP contribution < -0.4 is 9.47 Å². The van der Waals surface area contributed by atoms with Crippen molar-refractivity contribution in [1.29, 1.82) is 0 Å². The van der Waals surface area contributed by atoms with Gasteiger partial charge in [-0.1, -0.05) is 30.3 Å². The Kier molecular flexibility index (Phi) is 4.62. The first-order valence-electron chi connectivity index (χ1n) is 7.16. The molecule has 0 fully saturated rings. The van der Waals surface area contributed by atoms with Crippen molar-refractivity contribution in [3.8, 4) is 11.5 Å². The highest BCUT2D eigenvalue weighted by Crippen LogP contribution is 2.29. The van der Waals surface area contributed by atoms with Crippen LogP contribution in [0.1, 0.15) is 20.7 Å². The molecule has 3 aromatic carbocycles. The third kappa shape index (κ3) is 3.03. The van der Waals surface area contributed by atoms with Crippen molar-refractivity contribution in [2.75, 3.05) is 7.11 Å². The zero-order valence-corrected chi connectivity index (χ0v) is 14.4. The molecule has 0 heterocycles. The third-order valence-electron chi connectivity index (χ3n) is 3.64. The SMILES string of the molecule is COc1ccc(C(=O)Oc2ccc3ccccc3c2C=O)cc1Br. The molecule has 0 saturated carbocycles. The van der Waals surface area contributed by atoms with Crippen LogP contribution in [0.4, 0.5) is 0 Å². The summed E-state index contributed by atoms with van der Waals surface area (Å²) >= 11 is 3.33. The Labute approximate surface area is 147 Å². The summed E-state index contributed by atoms with van der Waals surface area (Å²) in [6, 6.07) is 15.8. The van der Waals surface area contributed by atoms with Gasteiger partial charge in [0.2, 0.25) is 0 Å². The normalized spacial score (nSPS) is 10.4. The molecule has 0 aliphatic carbocycles. The second kappa shape index (κ2) is 6.84. The predicted octanol–water partition coefficient (Wildman–Crippen LogP) is 4.64. The molecular weight excluding hydrogens is 372 g/mol. The highest BCUT2D eigenvalue weighted by atomic mass is 79.9. The Morgan fingerprint density at radius 2 is 1.79 bits per heavy atom. The van der Waals surface area contributed by atoms with E-state index in [1.807, 2.05) is 30.3 Å². The molecular formula is C19H13BrO4. The zero-order valence-electron chi connectivity index (χ0n) is 12.8. The van der Waals surface area contributed by atoms with Gasteiger partial charge in [0.25, 0.3) is 0 Å². The van der Waals surface area contributed by atoms with Crippen LogP contribution in [0.15, 0.2) is 59.1 Å². The van der Waals surface area contributed by atoms with Gasteiger partial charge in [-0.15, -0.1) is 0 Å². The molecule has 0 unspecified atom stereocenters. The van der Waals surface area contributed by atoms with Crippen molar-refractivity contribution in [2.24, 2.45) is 0 Å². The van der Waals surface area contributed by atoms with Crippen LogP contribution in [0.2, 0.25) is 0 Å². The standard InChI is InChI=1S/C19H13BrO4/c1-23-18-9-7-13(10-16(18)20)19(22)24-17-8-6-12-4-2-3-5-14(12)15(17)11-21/h2-11H,1H3. The van der Waals surface area contributed by atoms with Crippen LogP contribution in [-0.4, -0.2) is 19.4 Å². The van der Waals surface area contributed by atoms with Gasteiger partial charge in [0.15, 0.2) is 6.29 Å². The lowest BCUT2D eigenvalue weighted by atomic mass is 10.0. The lowest BCUT2D eigenvalue weighted by Gasteiger charge is -2.10. The molecule has 5 heteroatoms. The number of esters is 1. The minimum Gasteiger partial charge on any atom is -0.496 e. The zero-order chi connectivity index (χ0) is 17.1. The first-order valence-corrected chi connectivity index (χ1v) is 7.96. The third-order valence-corrected chi connectivity index (χ3v) is 4.26. The smallest absolute Gasteiger partial charge is 0.343 e. The van der Waals surface area contributed by atoms with Gasteiger partial charge in [0.05, 0.1) is 22.7 Å². The molecule has 3 rings (SSSR count). The van der Waals surface area contributed by atoms with Crippen molar-refractivity contribution in [1.82, 2.24) is 0 Å². The summed E-state index contributed by atoms with van der Waals surface area (Å²) in [7, 11) is 1.55. The number of hydrogen-bond donors (Lipinski definition) is 0. The largest absolute Gasteiger partial charge is 0.496 e. The molecule has 0 saturated heterocycles. The fraction of sp³-hybridized carbons (Fsp3) is 0.0526. The Morgan fingerprint density at radius 1 is 1.04 bits per heavy atom. The van der Waals surface area contributed by atoms with Crippen LogP contribution in [0, 0.1) is 0 Å². The van der Waals surface area contributed by atoms with E-state index >= 15 is 0 Å². The highest BCUT2D eigenvalue weighted by Gasteiger charge is 2.15. The van der Waals surface area contributed by atoms with Gasteiger partial charge in [-0.25, -0.2) is 4.79 Å². The lowest BCUT2D eigenvalue weighted by molar-refractivity contribution is 0.0733. The molecule has 0 N–H and O–H groups in total. The molecule has 3 aromatic rings. The maximum atomic E-state index is 12.4. The molecule has 0 amide bonds. The van der Waals surface area contributed by atoms with Crippen molar-refractivity contribution < 1.29 is 19.1 Å². The molecule has 0 spiro atoms. The second-order valence-electron chi connectivity index (χ2n) is 5.06. The van der Waals surface area contributed by atoms with Crippen LogP contribution in [-0.2, 0) is 0 Å². The molecule has 0 aliphatic heterocycles. The van der Waals surface area contributed by atoms with Gasteiger partial charge in [0, 0.05) is 0 Å². The number of benzene rings is 3. The maximum Gasteiger partial charge on any atom is 0.343 e. The van der Waals surface area contributed by atoms with Gasteiger partial charge < -0.3 is 9.47 Å². The highest BCUT2D eigenvalue weighted by molar-refractivity contribution is 9.10. The Balaban J connectivity index is 1.96. The monoisotopic (exact) mass is 384 g/mol. The Hall–Kier alpha value is -2.66. The number of rotatable bonds is 4. The first-order chi connectivity index (χ1) is 11.6. The molecule has 0 bridgehead atoms. The first kappa shape index (κ1) is 16.2. The molecule has 0 aliphatic rings. The lowest BCUT2D eigenvalue weighted by Crippen LogP contribution is -2.10. The van der Waals surface area contributed by atoms with Gasteiger partial charge >= 0.3 is 5.97 Å². The summed E-state index contributed by atoms with van der Waals surface area (Å²) < 4.78 is 11.2. The van der Waals surface area contributed by atoms with Gasteiger partial charge in [0.1, 0.15) is 11.5 Å². The van der Waals surface area contributed by atoms with E-state index in [9.17, 15) is 9.59 Å². The molecule has 24 heavy (non-hydrogen) atoms. The fourth-order valence-corrected chi connectivity index (χ4v) is 2.98. The van der Waals surface area contributed by atoms with E-state index in [0.717, 1.165) is 10.8 Å². The number of carbonyl (C=O) groups excluding carboxylic acids is 2.